The third-order valence-electron chi connectivity index (χ3n) is 11.3. The molecule has 0 unspecified atom stereocenters. The molecule has 2 aliphatic heterocycles. The molecule has 6 N–H and O–H groups in total. The lowest BCUT2D eigenvalue weighted by Crippen LogP contribution is -2.41. The topological polar surface area (TPSA) is 244 Å². The maximum Gasteiger partial charge on any atom is 0.292 e. The molecule has 64 heavy (non-hydrogen) atoms. The predicted octanol–water partition coefficient (Wildman–Crippen LogP) is 2.99. The molecule has 5 aromatic rings. The van der Waals surface area contributed by atoms with E-state index in [9.17, 15) is 9.59 Å². The molecular formula is C45H62N10O9. The second-order valence-electron chi connectivity index (χ2n) is 16.0. The Morgan fingerprint density at radius 2 is 1.42 bits per heavy atom. The Labute approximate surface area is 372 Å². The Balaban J connectivity index is 0.684. The molecule has 2 aliphatic rings. The number of piperidine rings is 1. The number of nitrogens with zero attached hydrogens (tertiary/aromatic N) is 7. The SMILES string of the molecule is Nc1nc2cc(-c3nn(Cc4ccc5c(c4)CCN(C(=O)CCOCCOCCOCCOCCOCCOCCCC(=O)CN4CCC(N)CC4)C5)c4ncnc(N)c34)ccc2o1. The molecule has 3 aromatic heterocycles. The van der Waals surface area contributed by atoms with Gasteiger partial charge in [-0.1, -0.05) is 18.2 Å². The zero-order valence-electron chi connectivity index (χ0n) is 36.6. The summed E-state index contributed by atoms with van der Waals surface area (Å²) in [6.07, 6.45) is 5.71. The minimum Gasteiger partial charge on any atom is -0.424 e. The van der Waals surface area contributed by atoms with E-state index in [0.29, 0.717) is 152 Å². The van der Waals surface area contributed by atoms with Crippen LogP contribution in [0.2, 0.25) is 0 Å². The minimum atomic E-state index is 0.0671. The van der Waals surface area contributed by atoms with E-state index in [-0.39, 0.29) is 23.7 Å². The van der Waals surface area contributed by atoms with Crippen molar-refractivity contribution < 1.29 is 42.4 Å². The van der Waals surface area contributed by atoms with E-state index >= 15 is 0 Å². The highest BCUT2D eigenvalue weighted by Crippen LogP contribution is 2.33. The molecule has 0 spiro atoms. The van der Waals surface area contributed by atoms with E-state index in [2.05, 4.69) is 38.1 Å². The van der Waals surface area contributed by atoms with Crippen LogP contribution >= 0.6 is 0 Å². The van der Waals surface area contributed by atoms with Crippen LogP contribution in [0.4, 0.5) is 11.8 Å². The van der Waals surface area contributed by atoms with E-state index in [1.54, 1.807) is 0 Å². The number of ether oxygens (including phenoxy) is 6. The number of carbonyl (C=O) groups excluding carboxylic acids is 2. The Kier molecular flexibility index (Phi) is 17.8. The summed E-state index contributed by atoms with van der Waals surface area (Å²) in [5.74, 6) is 0.669. The van der Waals surface area contributed by atoms with Crippen LogP contribution < -0.4 is 17.2 Å². The molecule has 1 fully saturated rings. The van der Waals surface area contributed by atoms with Crippen LogP contribution in [-0.2, 0) is 57.5 Å². The minimum absolute atomic E-state index is 0.0671. The number of Topliss-reactive ketones (excluding diaryl/α,β-unsaturated/α-hetero) is 1. The number of amides is 1. The molecule has 2 aromatic carbocycles. The predicted molar refractivity (Wildman–Crippen MR) is 239 cm³/mol. The molecule has 19 heteroatoms. The van der Waals surface area contributed by atoms with Gasteiger partial charge < -0.3 is 54.9 Å². The van der Waals surface area contributed by atoms with Gasteiger partial charge in [0.1, 0.15) is 29.1 Å². The zero-order valence-corrected chi connectivity index (χ0v) is 36.6. The average molecular weight is 887 g/mol. The fraction of sp³-hybridized carbons (Fsp3) is 0.556. The van der Waals surface area contributed by atoms with Crippen LogP contribution in [0.15, 0.2) is 47.1 Å². The highest BCUT2D eigenvalue weighted by atomic mass is 16.6. The number of anilines is 2. The number of fused-ring (bicyclic) bond motifs is 3. The van der Waals surface area contributed by atoms with Crippen LogP contribution in [-0.4, -0.2) is 158 Å². The molecule has 19 nitrogen and oxygen atoms in total. The van der Waals surface area contributed by atoms with Gasteiger partial charge in [0.05, 0.1) is 97.6 Å². The van der Waals surface area contributed by atoms with Gasteiger partial charge in [-0.15, -0.1) is 0 Å². The third kappa shape index (κ3) is 13.7. The summed E-state index contributed by atoms with van der Waals surface area (Å²) in [6, 6.07) is 12.3. The molecule has 0 aliphatic carbocycles. The summed E-state index contributed by atoms with van der Waals surface area (Å²) in [4.78, 5) is 42.3. The van der Waals surface area contributed by atoms with Gasteiger partial charge in [-0.3, -0.25) is 14.5 Å². The Bertz CT molecular complexity index is 2260. The fourth-order valence-corrected chi connectivity index (χ4v) is 7.86. The molecule has 1 saturated heterocycles. The molecule has 346 valence electrons. The van der Waals surface area contributed by atoms with Gasteiger partial charge in [0, 0.05) is 50.8 Å². The molecule has 0 bridgehead atoms. The van der Waals surface area contributed by atoms with Crippen LogP contribution in [0.3, 0.4) is 0 Å². The number of benzene rings is 2. The second kappa shape index (κ2) is 24.2. The summed E-state index contributed by atoms with van der Waals surface area (Å²) in [6.45, 7) is 9.51. The third-order valence-corrected chi connectivity index (χ3v) is 11.3. The molecule has 0 atom stereocenters. The zero-order chi connectivity index (χ0) is 44.5. The van der Waals surface area contributed by atoms with E-state index in [0.717, 1.165) is 55.5 Å². The van der Waals surface area contributed by atoms with E-state index in [1.807, 2.05) is 27.8 Å². The Hall–Kier alpha value is -5.12. The Morgan fingerprint density at radius 3 is 2.12 bits per heavy atom. The van der Waals surface area contributed by atoms with Crippen molar-refractivity contribution >= 4 is 45.7 Å². The quantitative estimate of drug-likeness (QED) is 0.0642. The lowest BCUT2D eigenvalue weighted by molar-refractivity contribution is -0.133. The first kappa shape index (κ1) is 46.9. The number of ketones is 1. The number of aromatic nitrogens is 5. The number of carbonyl (C=O) groups is 2. The van der Waals surface area contributed by atoms with Gasteiger partial charge in [0.2, 0.25) is 5.91 Å². The van der Waals surface area contributed by atoms with Crippen LogP contribution in [0, 0.1) is 0 Å². The number of hydrogen-bond donors (Lipinski definition) is 3. The number of nitrogens with two attached hydrogens (primary N) is 3. The summed E-state index contributed by atoms with van der Waals surface area (Å²) in [5.41, 5.74) is 24.7. The number of rotatable bonds is 27. The Morgan fingerprint density at radius 1 is 0.750 bits per heavy atom. The maximum absolute atomic E-state index is 13.0. The second-order valence-corrected chi connectivity index (χ2v) is 16.0. The van der Waals surface area contributed by atoms with Crippen molar-refractivity contribution in [1.29, 1.82) is 0 Å². The average Bonchev–Trinajstić information content (AvgIpc) is 3.86. The normalized spacial score (nSPS) is 14.8. The van der Waals surface area contributed by atoms with Gasteiger partial charge in [-0.25, -0.2) is 14.6 Å². The molecular weight excluding hydrogens is 825 g/mol. The van der Waals surface area contributed by atoms with Crippen molar-refractivity contribution in [2.75, 3.05) is 117 Å². The molecule has 5 heterocycles. The summed E-state index contributed by atoms with van der Waals surface area (Å²) < 4.78 is 40.8. The van der Waals surface area contributed by atoms with Crippen molar-refractivity contribution in [2.24, 2.45) is 5.73 Å². The molecule has 1 amide bonds. The fourth-order valence-electron chi connectivity index (χ4n) is 7.86. The standard InChI is InChI=1S/C45H62N10O9/c46-36-8-11-53(12-9-36)30-37(56)2-1-14-58-16-18-60-20-22-62-24-25-63-23-21-61-19-17-59-15-10-40(57)54-13-7-33-26-32(3-4-35(33)29-54)28-55-44-41(43(47)49-31-50-44)42(52-55)34-5-6-39-38(27-34)51-45(48)64-39/h3-6,26-27,31,36H,1-2,7-25,28-30,46H2,(H2,48,51)(H2,47,49,50). The van der Waals surface area contributed by atoms with Gasteiger partial charge in [-0.05, 0) is 60.6 Å². The van der Waals surface area contributed by atoms with Crippen molar-refractivity contribution in [2.45, 2.75) is 57.7 Å². The number of hydrogen-bond acceptors (Lipinski definition) is 17. The summed E-state index contributed by atoms with van der Waals surface area (Å²) >= 11 is 0. The van der Waals surface area contributed by atoms with Gasteiger partial charge in [-0.2, -0.15) is 10.1 Å². The summed E-state index contributed by atoms with van der Waals surface area (Å²) in [7, 11) is 0. The van der Waals surface area contributed by atoms with Gasteiger partial charge >= 0.3 is 0 Å². The highest BCUT2D eigenvalue weighted by molar-refractivity contribution is 5.99. The highest BCUT2D eigenvalue weighted by Gasteiger charge is 2.23. The smallest absolute Gasteiger partial charge is 0.292 e. The number of nitrogen functional groups attached to an aromatic ring is 2. The van der Waals surface area contributed by atoms with Crippen LogP contribution in [0.25, 0.3) is 33.4 Å². The molecule has 0 saturated carbocycles. The first-order valence-electron chi connectivity index (χ1n) is 22.3. The van der Waals surface area contributed by atoms with Crippen LogP contribution in [0.1, 0.15) is 48.8 Å². The van der Waals surface area contributed by atoms with Gasteiger partial charge in [0.15, 0.2) is 11.2 Å². The van der Waals surface area contributed by atoms with Crippen LogP contribution in [0.5, 0.6) is 0 Å². The molecule has 7 rings (SSSR count). The number of oxazole rings is 1. The first-order valence-corrected chi connectivity index (χ1v) is 22.3. The van der Waals surface area contributed by atoms with Crippen molar-refractivity contribution in [3.8, 4) is 11.3 Å². The van der Waals surface area contributed by atoms with Crippen molar-refractivity contribution in [3.05, 3.63) is 59.4 Å². The number of likely N-dealkylation sites (tertiary alicyclic amines) is 1. The lowest BCUT2D eigenvalue weighted by Gasteiger charge is -2.29. The molecule has 0 radical (unpaired) electrons. The largest absolute Gasteiger partial charge is 0.424 e. The van der Waals surface area contributed by atoms with Crippen molar-refractivity contribution in [3.63, 3.8) is 0 Å². The monoisotopic (exact) mass is 886 g/mol. The first-order chi connectivity index (χ1) is 31.3. The van der Waals surface area contributed by atoms with Crippen molar-refractivity contribution in [1.82, 2.24) is 34.5 Å². The van der Waals surface area contributed by atoms with Gasteiger partial charge in [0.25, 0.3) is 6.01 Å². The van der Waals surface area contributed by atoms with E-state index in [4.69, 9.17) is 55.1 Å². The summed E-state index contributed by atoms with van der Waals surface area (Å²) in [5, 5.41) is 5.59. The van der Waals surface area contributed by atoms with E-state index < -0.39 is 0 Å². The lowest BCUT2D eigenvalue weighted by atomic mass is 9.97. The van der Waals surface area contributed by atoms with E-state index in [1.165, 1.54) is 11.9 Å². The maximum atomic E-state index is 13.0.